The minimum atomic E-state index is -4.90. The molecular weight excluding hydrogens is 445 g/mol. The van der Waals surface area contributed by atoms with Crippen LogP contribution in [0.25, 0.3) is 5.69 Å². The van der Waals surface area contributed by atoms with Crippen molar-refractivity contribution >= 4 is 17.6 Å². The number of hydrogen-bond acceptors (Lipinski definition) is 6. The van der Waals surface area contributed by atoms with Crippen molar-refractivity contribution < 1.29 is 32.2 Å². The van der Waals surface area contributed by atoms with Crippen LogP contribution in [0.1, 0.15) is 32.0 Å². The molecule has 3 rings (SSSR count). The molecule has 168 valence electrons. The molecule has 1 unspecified atom stereocenters. The maximum Gasteiger partial charge on any atom is 0.431 e. The molecule has 1 atom stereocenters. The molecule has 1 aromatic heterocycles. The molecule has 0 bridgehead atoms. The highest BCUT2D eigenvalue weighted by molar-refractivity contribution is 6.31. The predicted molar refractivity (Wildman–Crippen MR) is 102 cm³/mol. The molecule has 1 aliphatic heterocycles. The van der Waals surface area contributed by atoms with E-state index in [4.69, 9.17) is 25.8 Å². The summed E-state index contributed by atoms with van der Waals surface area (Å²) >= 11 is 6.25. The summed E-state index contributed by atoms with van der Waals surface area (Å²) in [4.78, 5) is 37.2. The summed E-state index contributed by atoms with van der Waals surface area (Å²) in [6, 6.07) is 4.02. The molecule has 31 heavy (non-hydrogen) atoms. The number of halogens is 4. The Balaban J connectivity index is 2.24. The number of alkyl halides is 3. The summed E-state index contributed by atoms with van der Waals surface area (Å²) in [6.45, 7) is 4.54. The number of carbonyl (C=O) groups excluding carboxylic acids is 1. The van der Waals surface area contributed by atoms with Gasteiger partial charge in [0.05, 0.1) is 22.9 Å². The average molecular weight is 463 g/mol. The van der Waals surface area contributed by atoms with E-state index in [1.807, 2.05) is 0 Å². The lowest BCUT2D eigenvalue weighted by Crippen LogP contribution is -2.41. The summed E-state index contributed by atoms with van der Waals surface area (Å²) in [5.41, 5.74) is -5.39. The third kappa shape index (κ3) is 3.88. The van der Waals surface area contributed by atoms with Crippen LogP contribution in [0.2, 0.25) is 5.02 Å². The van der Waals surface area contributed by atoms with E-state index in [-0.39, 0.29) is 22.9 Å². The van der Waals surface area contributed by atoms with Crippen molar-refractivity contribution in [3.8, 4) is 5.69 Å². The lowest BCUT2D eigenvalue weighted by molar-refractivity contribution is -0.350. The number of nitrogens with zero attached hydrogens (tertiary/aromatic N) is 2. The largest absolute Gasteiger partial charge is 0.431 e. The molecular formula is C19H18ClF3N2O6. The predicted octanol–water partition coefficient (Wildman–Crippen LogP) is 2.71. The van der Waals surface area contributed by atoms with Crippen LogP contribution in [-0.2, 0) is 38.2 Å². The van der Waals surface area contributed by atoms with E-state index in [1.165, 1.54) is 32.0 Å². The van der Waals surface area contributed by atoms with E-state index in [0.29, 0.717) is 15.2 Å². The Morgan fingerprint density at radius 1 is 1.16 bits per heavy atom. The molecule has 0 saturated carbocycles. The zero-order chi connectivity index (χ0) is 23.4. The minimum absolute atomic E-state index is 0.0134. The molecule has 1 fully saturated rings. The highest BCUT2D eigenvalue weighted by Crippen LogP contribution is 2.44. The number of cyclic esters (lactones) is 1. The monoisotopic (exact) mass is 462 g/mol. The Morgan fingerprint density at radius 3 is 2.32 bits per heavy atom. The molecule has 8 nitrogen and oxygen atoms in total. The number of rotatable bonds is 4. The fourth-order valence-electron chi connectivity index (χ4n) is 3.10. The molecule has 0 radical (unpaired) electrons. The smallest absolute Gasteiger partial charge is 0.401 e. The van der Waals surface area contributed by atoms with Crippen molar-refractivity contribution in [1.82, 2.24) is 9.13 Å². The molecule has 1 saturated heterocycles. The van der Waals surface area contributed by atoms with Gasteiger partial charge in [-0.1, -0.05) is 11.6 Å². The fourth-order valence-corrected chi connectivity index (χ4v) is 3.34. The first kappa shape index (κ1) is 23.0. The van der Waals surface area contributed by atoms with Crippen LogP contribution in [0.15, 0.2) is 33.9 Å². The molecule has 0 aliphatic carbocycles. The molecule has 0 N–H and O–H groups in total. The summed E-state index contributed by atoms with van der Waals surface area (Å²) < 4.78 is 56.7. The topological polar surface area (TPSA) is 88.8 Å². The van der Waals surface area contributed by atoms with E-state index < -0.39 is 40.7 Å². The summed E-state index contributed by atoms with van der Waals surface area (Å²) in [7, 11) is 0.893. The van der Waals surface area contributed by atoms with Gasteiger partial charge in [0.25, 0.3) is 5.56 Å². The average Bonchev–Trinajstić information content (AvgIpc) is 2.88. The quantitative estimate of drug-likeness (QED) is 0.649. The van der Waals surface area contributed by atoms with Gasteiger partial charge in [0, 0.05) is 13.1 Å². The first-order valence-corrected chi connectivity index (χ1v) is 9.39. The van der Waals surface area contributed by atoms with Gasteiger partial charge in [-0.05, 0) is 39.0 Å². The molecule has 1 aliphatic rings. The van der Waals surface area contributed by atoms with Crippen molar-refractivity contribution in [3.63, 3.8) is 0 Å². The molecule has 2 aromatic rings. The molecule has 2 heterocycles. The molecule has 0 amide bonds. The van der Waals surface area contributed by atoms with Crippen molar-refractivity contribution in [1.29, 1.82) is 0 Å². The summed E-state index contributed by atoms with van der Waals surface area (Å²) in [6.07, 6.45) is -4.90. The number of ether oxygens (including phenoxy) is 3. The number of carbonyl (C=O) groups is 1. The van der Waals surface area contributed by atoms with E-state index in [1.54, 1.807) is 6.92 Å². The second-order valence-electron chi connectivity index (χ2n) is 7.20. The van der Waals surface area contributed by atoms with E-state index in [0.717, 1.165) is 7.05 Å². The van der Waals surface area contributed by atoms with Gasteiger partial charge in [-0.15, -0.1) is 0 Å². The second-order valence-corrected chi connectivity index (χ2v) is 7.61. The van der Waals surface area contributed by atoms with Crippen LogP contribution in [0.4, 0.5) is 13.2 Å². The van der Waals surface area contributed by atoms with Gasteiger partial charge in [-0.2, -0.15) is 13.2 Å². The number of esters is 1. The van der Waals surface area contributed by atoms with Crippen molar-refractivity contribution in [2.24, 2.45) is 7.05 Å². The lowest BCUT2D eigenvalue weighted by Gasteiger charge is -2.28. The maximum absolute atomic E-state index is 13.1. The first-order chi connectivity index (χ1) is 14.2. The van der Waals surface area contributed by atoms with Gasteiger partial charge < -0.3 is 9.47 Å². The van der Waals surface area contributed by atoms with Gasteiger partial charge in [0.1, 0.15) is 5.69 Å². The first-order valence-electron chi connectivity index (χ1n) is 9.02. The van der Waals surface area contributed by atoms with Crippen LogP contribution >= 0.6 is 11.6 Å². The Kier molecular flexibility index (Phi) is 5.58. The number of hydrogen-bond donors (Lipinski definition) is 0. The Labute approximate surface area is 178 Å². The molecule has 0 spiro atoms. The molecule has 12 heteroatoms. The Bertz CT molecular complexity index is 1170. The second kappa shape index (κ2) is 7.50. The minimum Gasteiger partial charge on any atom is -0.401 e. The number of benzene rings is 1. The van der Waals surface area contributed by atoms with E-state index in [2.05, 4.69) is 0 Å². The SMILES string of the molecule is CCOC1(c2cc(-n3c(=O)cc(C(F)(F)F)n(C)c3=O)ccc2Cl)OC(=O)C(C)(C)O1. The fraction of sp³-hybridized carbons (Fsp3) is 0.421. The summed E-state index contributed by atoms with van der Waals surface area (Å²) in [5, 5.41) is 0.0134. The Morgan fingerprint density at radius 2 is 1.81 bits per heavy atom. The van der Waals surface area contributed by atoms with Crippen LogP contribution in [0, 0.1) is 0 Å². The number of aromatic nitrogens is 2. The van der Waals surface area contributed by atoms with Crippen LogP contribution in [0.3, 0.4) is 0 Å². The lowest BCUT2D eigenvalue weighted by atomic mass is 10.1. The normalized spacial score (nSPS) is 20.7. The standard InChI is InChI=1S/C19H18ClF3N2O6/c1-5-29-19(30-15(27)17(2,3)31-19)11-8-10(6-7-12(11)20)25-14(26)9-13(18(21,22)23)24(4)16(25)28/h6-9H,5H2,1-4H3. The van der Waals surface area contributed by atoms with Crippen LogP contribution in [0.5, 0.6) is 0 Å². The third-order valence-electron chi connectivity index (χ3n) is 4.59. The maximum atomic E-state index is 13.1. The highest BCUT2D eigenvalue weighted by atomic mass is 35.5. The van der Waals surface area contributed by atoms with E-state index in [9.17, 15) is 27.6 Å². The van der Waals surface area contributed by atoms with Gasteiger partial charge >= 0.3 is 23.8 Å². The van der Waals surface area contributed by atoms with Gasteiger partial charge in [-0.25, -0.2) is 14.2 Å². The van der Waals surface area contributed by atoms with Gasteiger partial charge in [0.15, 0.2) is 5.60 Å². The van der Waals surface area contributed by atoms with E-state index >= 15 is 0 Å². The summed E-state index contributed by atoms with van der Waals surface area (Å²) in [5.74, 6) is -2.81. The van der Waals surface area contributed by atoms with Crippen molar-refractivity contribution in [2.45, 2.75) is 38.5 Å². The molecule has 1 aromatic carbocycles. The third-order valence-corrected chi connectivity index (χ3v) is 4.92. The zero-order valence-corrected chi connectivity index (χ0v) is 17.6. The Hall–Kier alpha value is -2.63. The van der Waals surface area contributed by atoms with Crippen LogP contribution < -0.4 is 11.2 Å². The van der Waals surface area contributed by atoms with Crippen LogP contribution in [-0.4, -0.2) is 27.3 Å². The van der Waals surface area contributed by atoms with Crippen molar-refractivity contribution in [2.75, 3.05) is 6.61 Å². The van der Waals surface area contributed by atoms with Crippen molar-refractivity contribution in [3.05, 3.63) is 61.4 Å². The zero-order valence-electron chi connectivity index (χ0n) is 16.9. The van der Waals surface area contributed by atoms with Gasteiger partial charge in [-0.3, -0.25) is 14.1 Å². The highest BCUT2D eigenvalue weighted by Gasteiger charge is 2.56. The van der Waals surface area contributed by atoms with Gasteiger partial charge in [0.2, 0.25) is 0 Å².